The molecule has 0 saturated heterocycles. The lowest BCUT2D eigenvalue weighted by Crippen LogP contribution is -2.24. The van der Waals surface area contributed by atoms with Gasteiger partial charge in [-0.2, -0.15) is 0 Å². The summed E-state index contributed by atoms with van der Waals surface area (Å²) in [5.41, 5.74) is 0.575. The first-order valence-corrected chi connectivity index (χ1v) is 11.4. The molecule has 0 heterocycles. The van der Waals surface area contributed by atoms with Crippen molar-refractivity contribution in [3.8, 4) is 11.5 Å². The van der Waals surface area contributed by atoms with E-state index in [1.807, 2.05) is 0 Å². The Morgan fingerprint density at radius 3 is 2.28 bits per heavy atom. The molecule has 0 radical (unpaired) electrons. The molecule has 0 fully saturated rings. The summed E-state index contributed by atoms with van der Waals surface area (Å²) >= 11 is 24.8. The van der Waals surface area contributed by atoms with Crippen molar-refractivity contribution in [2.45, 2.75) is 12.8 Å². The Bertz CT molecular complexity index is 834. The van der Waals surface area contributed by atoms with Gasteiger partial charge in [-0.25, -0.2) is 0 Å². The van der Waals surface area contributed by atoms with E-state index in [9.17, 15) is 4.79 Å². The normalized spacial score (nSPS) is 10.4. The minimum atomic E-state index is -0.133. The number of halogens is 5. The Labute approximate surface area is 201 Å². The zero-order valence-corrected chi connectivity index (χ0v) is 20.6. The molecular weight excluding hydrogens is 568 g/mol. The van der Waals surface area contributed by atoms with Crippen LogP contribution in [0.4, 0.5) is 0 Å². The van der Waals surface area contributed by atoms with Crippen LogP contribution in [0.3, 0.4) is 0 Å². The van der Waals surface area contributed by atoms with Crippen molar-refractivity contribution in [1.29, 1.82) is 0 Å². The molecule has 0 atom stereocenters. The molecule has 0 aliphatic rings. The van der Waals surface area contributed by atoms with Gasteiger partial charge < -0.3 is 14.8 Å². The molecule has 29 heavy (non-hydrogen) atoms. The molecule has 0 saturated carbocycles. The maximum atomic E-state index is 12.0. The highest BCUT2D eigenvalue weighted by molar-refractivity contribution is 9.28. The molecule has 0 aliphatic carbocycles. The lowest BCUT2D eigenvalue weighted by atomic mass is 10.2. The van der Waals surface area contributed by atoms with E-state index in [2.05, 4.69) is 37.2 Å². The predicted molar refractivity (Wildman–Crippen MR) is 126 cm³/mol. The first-order valence-electron chi connectivity index (χ1n) is 8.66. The SMILES string of the molecule is O=C(NCCCCOc1c(Cl)cc(OCC=C(Br)Br)cc1Cl)c1ccc(Cl)cc1. The molecule has 0 spiro atoms. The van der Waals surface area contributed by atoms with Gasteiger partial charge in [0.25, 0.3) is 5.91 Å². The van der Waals surface area contributed by atoms with Gasteiger partial charge in [-0.05, 0) is 75.0 Å². The lowest BCUT2D eigenvalue weighted by molar-refractivity contribution is 0.0952. The Morgan fingerprint density at radius 2 is 1.66 bits per heavy atom. The summed E-state index contributed by atoms with van der Waals surface area (Å²) in [7, 11) is 0. The molecule has 0 aromatic heterocycles. The van der Waals surface area contributed by atoms with Gasteiger partial charge in [0, 0.05) is 29.3 Å². The fourth-order valence-corrected chi connectivity index (χ4v) is 3.23. The van der Waals surface area contributed by atoms with Gasteiger partial charge >= 0.3 is 0 Å². The van der Waals surface area contributed by atoms with Crippen LogP contribution in [0.1, 0.15) is 23.2 Å². The predicted octanol–water partition coefficient (Wildman–Crippen LogP) is 7.25. The molecular formula is C20H18Br2Cl3NO3. The van der Waals surface area contributed by atoms with Gasteiger partial charge in [0.1, 0.15) is 12.4 Å². The summed E-state index contributed by atoms with van der Waals surface area (Å²) in [4.78, 5) is 12.0. The number of ether oxygens (including phenoxy) is 2. The smallest absolute Gasteiger partial charge is 0.251 e. The van der Waals surface area contributed by atoms with Crippen LogP contribution in [0.5, 0.6) is 11.5 Å². The molecule has 156 valence electrons. The quantitative estimate of drug-likeness (QED) is 0.299. The van der Waals surface area contributed by atoms with Gasteiger partial charge in [-0.15, -0.1) is 0 Å². The minimum absolute atomic E-state index is 0.133. The second-order valence-corrected chi connectivity index (χ2v) is 9.86. The zero-order valence-electron chi connectivity index (χ0n) is 15.2. The fraction of sp³-hybridized carbons (Fsp3) is 0.250. The van der Waals surface area contributed by atoms with Crippen LogP contribution in [0.15, 0.2) is 45.9 Å². The monoisotopic (exact) mass is 583 g/mol. The van der Waals surface area contributed by atoms with Crippen LogP contribution in [-0.4, -0.2) is 25.7 Å². The third kappa shape index (κ3) is 8.77. The third-order valence-electron chi connectivity index (χ3n) is 3.67. The van der Waals surface area contributed by atoms with E-state index in [4.69, 9.17) is 44.3 Å². The van der Waals surface area contributed by atoms with Crippen molar-refractivity contribution in [2.24, 2.45) is 0 Å². The highest BCUT2D eigenvalue weighted by Gasteiger charge is 2.11. The van der Waals surface area contributed by atoms with Gasteiger partial charge in [0.05, 0.1) is 20.0 Å². The zero-order chi connectivity index (χ0) is 21.2. The average Bonchev–Trinajstić information content (AvgIpc) is 2.66. The summed E-state index contributed by atoms with van der Waals surface area (Å²) in [6.45, 7) is 1.33. The first-order chi connectivity index (χ1) is 13.9. The van der Waals surface area contributed by atoms with Crippen LogP contribution in [0, 0.1) is 0 Å². The summed E-state index contributed by atoms with van der Waals surface area (Å²) in [5.74, 6) is 0.837. The number of benzene rings is 2. The molecule has 2 rings (SSSR count). The van der Waals surface area contributed by atoms with Crippen molar-refractivity contribution in [2.75, 3.05) is 19.8 Å². The van der Waals surface area contributed by atoms with E-state index in [0.717, 1.165) is 16.2 Å². The number of carbonyl (C=O) groups excluding carboxylic acids is 1. The third-order valence-corrected chi connectivity index (χ3v) is 5.13. The summed E-state index contributed by atoms with van der Waals surface area (Å²) in [5, 5.41) is 4.21. The lowest BCUT2D eigenvalue weighted by Gasteiger charge is -2.12. The standard InChI is InChI=1S/C20H18Br2Cl3NO3/c21-18(22)7-10-28-15-11-16(24)19(17(25)12-15)29-9-2-1-8-26-20(27)13-3-5-14(23)6-4-13/h3-7,11-12H,1-2,8-10H2,(H,26,27). The first kappa shape index (κ1) is 24.4. The maximum Gasteiger partial charge on any atom is 0.251 e. The number of carbonyl (C=O) groups is 1. The van der Waals surface area contributed by atoms with Crippen molar-refractivity contribution in [3.63, 3.8) is 0 Å². The van der Waals surface area contributed by atoms with Crippen LogP contribution in [0.25, 0.3) is 0 Å². The largest absolute Gasteiger partial charge is 0.490 e. The van der Waals surface area contributed by atoms with Crippen molar-refractivity contribution in [3.05, 3.63) is 66.5 Å². The summed E-state index contributed by atoms with van der Waals surface area (Å²) in [6, 6.07) is 10.1. The fourth-order valence-electron chi connectivity index (χ4n) is 2.27. The molecule has 1 N–H and O–H groups in total. The van der Waals surface area contributed by atoms with E-state index in [-0.39, 0.29) is 5.91 Å². The van der Waals surface area contributed by atoms with Crippen molar-refractivity contribution >= 4 is 72.6 Å². The van der Waals surface area contributed by atoms with Gasteiger partial charge in [-0.1, -0.05) is 34.8 Å². The average molecular weight is 587 g/mol. The van der Waals surface area contributed by atoms with Crippen LogP contribution in [0.2, 0.25) is 15.1 Å². The Morgan fingerprint density at radius 1 is 1.00 bits per heavy atom. The molecule has 0 bridgehead atoms. The second-order valence-electron chi connectivity index (χ2n) is 5.84. The van der Waals surface area contributed by atoms with E-state index in [0.29, 0.717) is 51.9 Å². The molecule has 9 heteroatoms. The number of amides is 1. The highest BCUT2D eigenvalue weighted by atomic mass is 79.9. The number of unbranched alkanes of at least 4 members (excludes halogenated alkanes) is 1. The molecule has 2 aromatic carbocycles. The maximum absolute atomic E-state index is 12.0. The number of nitrogens with one attached hydrogen (secondary N) is 1. The van der Waals surface area contributed by atoms with E-state index in [1.165, 1.54) is 0 Å². The van der Waals surface area contributed by atoms with E-state index < -0.39 is 0 Å². The van der Waals surface area contributed by atoms with Crippen LogP contribution < -0.4 is 14.8 Å². The minimum Gasteiger partial charge on any atom is -0.490 e. The summed E-state index contributed by atoms with van der Waals surface area (Å²) < 4.78 is 12.0. The van der Waals surface area contributed by atoms with Crippen LogP contribution >= 0.6 is 66.7 Å². The van der Waals surface area contributed by atoms with Crippen molar-refractivity contribution < 1.29 is 14.3 Å². The molecule has 0 unspecified atom stereocenters. The Kier molecular flexibility index (Phi) is 10.7. The highest BCUT2D eigenvalue weighted by Crippen LogP contribution is 2.37. The van der Waals surface area contributed by atoms with Crippen LogP contribution in [-0.2, 0) is 0 Å². The topological polar surface area (TPSA) is 47.6 Å². The summed E-state index contributed by atoms with van der Waals surface area (Å²) in [6.07, 6.45) is 3.29. The second kappa shape index (κ2) is 12.7. The number of hydrogen-bond donors (Lipinski definition) is 1. The number of hydrogen-bond acceptors (Lipinski definition) is 3. The van der Waals surface area contributed by atoms with E-state index >= 15 is 0 Å². The molecule has 4 nitrogen and oxygen atoms in total. The Hall–Kier alpha value is -0.920. The number of rotatable bonds is 10. The molecule has 2 aromatic rings. The van der Waals surface area contributed by atoms with Gasteiger partial charge in [0.2, 0.25) is 0 Å². The van der Waals surface area contributed by atoms with Crippen molar-refractivity contribution in [1.82, 2.24) is 5.32 Å². The Balaban J connectivity index is 1.72. The molecule has 0 aliphatic heterocycles. The van der Waals surface area contributed by atoms with Gasteiger partial charge in [0.15, 0.2) is 5.75 Å². The van der Waals surface area contributed by atoms with E-state index in [1.54, 1.807) is 42.5 Å². The molecule has 1 amide bonds. The van der Waals surface area contributed by atoms with Gasteiger partial charge in [-0.3, -0.25) is 4.79 Å².